The van der Waals surface area contributed by atoms with Crippen LogP contribution in [-0.2, 0) is 6.18 Å². The van der Waals surface area contributed by atoms with Gasteiger partial charge in [0.1, 0.15) is 5.01 Å². The summed E-state index contributed by atoms with van der Waals surface area (Å²) >= 11 is 2.99. The Morgan fingerprint density at radius 1 is 1.13 bits per heavy atom. The van der Waals surface area contributed by atoms with E-state index >= 15 is 0 Å². The lowest BCUT2D eigenvalue weighted by Crippen LogP contribution is -2.09. The standard InChI is InChI=1S/C16H13F3N2S2/c1-9-14(13(20)12-3-2-8-22-12)23-15(21-9)10-4-6-11(7-5-10)16(17,18)19/h2-8,13H,20H2,1H3. The second-order valence-corrected chi connectivity index (χ2v) is 7.05. The van der Waals surface area contributed by atoms with Gasteiger partial charge in [0.15, 0.2) is 0 Å². The molecule has 2 heterocycles. The van der Waals surface area contributed by atoms with Crippen LogP contribution in [0.1, 0.15) is 27.1 Å². The molecule has 0 spiro atoms. The third-order valence-electron chi connectivity index (χ3n) is 3.42. The number of benzene rings is 1. The number of thiazole rings is 1. The average Bonchev–Trinajstić information content (AvgIpc) is 3.15. The largest absolute Gasteiger partial charge is 0.416 e. The molecular formula is C16H13F3N2S2. The van der Waals surface area contributed by atoms with Crippen LogP contribution in [-0.4, -0.2) is 4.98 Å². The van der Waals surface area contributed by atoms with Crippen molar-refractivity contribution in [3.8, 4) is 10.6 Å². The molecule has 0 aliphatic heterocycles. The van der Waals surface area contributed by atoms with Gasteiger partial charge in [0, 0.05) is 10.4 Å². The van der Waals surface area contributed by atoms with Crippen LogP contribution in [0.3, 0.4) is 0 Å². The molecule has 2 nitrogen and oxygen atoms in total. The van der Waals surface area contributed by atoms with Gasteiger partial charge < -0.3 is 5.73 Å². The molecule has 0 saturated heterocycles. The number of halogens is 3. The molecule has 120 valence electrons. The maximum atomic E-state index is 12.6. The summed E-state index contributed by atoms with van der Waals surface area (Å²) in [6.45, 7) is 1.87. The van der Waals surface area contributed by atoms with Crippen LogP contribution in [0.5, 0.6) is 0 Å². The maximum Gasteiger partial charge on any atom is 0.416 e. The summed E-state index contributed by atoms with van der Waals surface area (Å²) in [7, 11) is 0. The number of hydrogen-bond donors (Lipinski definition) is 1. The predicted molar refractivity (Wildman–Crippen MR) is 87.6 cm³/mol. The molecule has 7 heteroatoms. The number of aryl methyl sites for hydroxylation is 1. The van der Waals surface area contributed by atoms with Gasteiger partial charge in [-0.25, -0.2) is 4.98 Å². The van der Waals surface area contributed by atoms with Crippen LogP contribution in [0.4, 0.5) is 13.2 Å². The Balaban J connectivity index is 1.92. The zero-order valence-corrected chi connectivity index (χ0v) is 13.7. The third-order valence-corrected chi connectivity index (χ3v) is 5.67. The molecule has 2 N–H and O–H groups in total. The first-order valence-electron chi connectivity index (χ1n) is 6.80. The summed E-state index contributed by atoms with van der Waals surface area (Å²) in [5, 5.41) is 2.64. The van der Waals surface area contributed by atoms with Gasteiger partial charge in [-0.3, -0.25) is 0 Å². The molecule has 1 unspecified atom stereocenters. The van der Waals surface area contributed by atoms with E-state index in [1.54, 1.807) is 11.3 Å². The van der Waals surface area contributed by atoms with Gasteiger partial charge in [0.25, 0.3) is 0 Å². The molecule has 1 atom stereocenters. The number of hydrogen-bond acceptors (Lipinski definition) is 4. The Kier molecular flexibility index (Phi) is 4.27. The topological polar surface area (TPSA) is 38.9 Å². The Morgan fingerprint density at radius 2 is 1.83 bits per heavy atom. The van der Waals surface area contributed by atoms with Gasteiger partial charge in [-0.1, -0.05) is 18.2 Å². The van der Waals surface area contributed by atoms with Crippen molar-refractivity contribution in [3.05, 3.63) is 62.8 Å². The van der Waals surface area contributed by atoms with E-state index in [1.165, 1.54) is 23.5 Å². The van der Waals surface area contributed by atoms with Crippen LogP contribution >= 0.6 is 22.7 Å². The lowest BCUT2D eigenvalue weighted by Gasteiger charge is -2.07. The predicted octanol–water partition coefficient (Wildman–Crippen LogP) is 5.25. The molecule has 1 aromatic carbocycles. The quantitative estimate of drug-likeness (QED) is 0.698. The van der Waals surface area contributed by atoms with Crippen LogP contribution in [0.2, 0.25) is 0 Å². The van der Waals surface area contributed by atoms with Crippen molar-refractivity contribution < 1.29 is 13.2 Å². The van der Waals surface area contributed by atoms with Crippen LogP contribution in [0.15, 0.2) is 41.8 Å². The Labute approximate surface area is 139 Å². The van der Waals surface area contributed by atoms with Crippen molar-refractivity contribution in [3.63, 3.8) is 0 Å². The maximum absolute atomic E-state index is 12.6. The Bertz CT molecular complexity index is 790. The number of rotatable bonds is 3. The highest BCUT2D eigenvalue weighted by atomic mass is 32.1. The van der Waals surface area contributed by atoms with E-state index in [9.17, 15) is 13.2 Å². The summed E-state index contributed by atoms with van der Waals surface area (Å²) in [6.07, 6.45) is -4.33. The van der Waals surface area contributed by atoms with E-state index in [2.05, 4.69) is 4.98 Å². The third kappa shape index (κ3) is 3.31. The molecule has 0 aliphatic rings. The number of nitrogens with two attached hydrogens (primary N) is 1. The lowest BCUT2D eigenvalue weighted by atomic mass is 10.1. The molecule has 0 bridgehead atoms. The lowest BCUT2D eigenvalue weighted by molar-refractivity contribution is -0.137. The fourth-order valence-electron chi connectivity index (χ4n) is 2.22. The minimum Gasteiger partial charge on any atom is -0.319 e. The first-order valence-corrected chi connectivity index (χ1v) is 8.50. The highest BCUT2D eigenvalue weighted by Gasteiger charge is 2.30. The van der Waals surface area contributed by atoms with Crippen molar-refractivity contribution >= 4 is 22.7 Å². The summed E-state index contributed by atoms with van der Waals surface area (Å²) in [5.41, 5.74) is 7.08. The summed E-state index contributed by atoms with van der Waals surface area (Å²) in [5.74, 6) is 0. The first-order chi connectivity index (χ1) is 10.9. The van der Waals surface area contributed by atoms with Crippen molar-refractivity contribution in [1.82, 2.24) is 4.98 Å². The van der Waals surface area contributed by atoms with Gasteiger partial charge >= 0.3 is 6.18 Å². The van der Waals surface area contributed by atoms with Gasteiger partial charge in [-0.15, -0.1) is 22.7 Å². The smallest absolute Gasteiger partial charge is 0.319 e. The van der Waals surface area contributed by atoms with Crippen molar-refractivity contribution in [2.24, 2.45) is 5.73 Å². The molecule has 0 aliphatic carbocycles. The molecule has 3 aromatic rings. The molecule has 0 saturated carbocycles. The minimum atomic E-state index is -4.33. The highest BCUT2D eigenvalue weighted by Crippen LogP contribution is 2.36. The number of thiophene rings is 1. The normalized spacial score (nSPS) is 13.3. The summed E-state index contributed by atoms with van der Waals surface area (Å²) < 4.78 is 37.9. The van der Waals surface area contributed by atoms with E-state index in [-0.39, 0.29) is 6.04 Å². The number of nitrogens with zero attached hydrogens (tertiary/aromatic N) is 1. The zero-order chi connectivity index (χ0) is 16.6. The van der Waals surface area contributed by atoms with E-state index in [0.29, 0.717) is 10.6 Å². The Hall–Kier alpha value is -1.70. The first kappa shape index (κ1) is 16.2. The second kappa shape index (κ2) is 6.07. The van der Waals surface area contributed by atoms with Crippen LogP contribution < -0.4 is 5.73 Å². The van der Waals surface area contributed by atoms with Crippen LogP contribution in [0, 0.1) is 6.92 Å². The average molecular weight is 354 g/mol. The molecule has 0 radical (unpaired) electrons. The highest BCUT2D eigenvalue weighted by molar-refractivity contribution is 7.15. The van der Waals surface area contributed by atoms with E-state index in [4.69, 9.17) is 5.73 Å². The summed E-state index contributed by atoms with van der Waals surface area (Å²) in [4.78, 5) is 6.44. The molecule has 0 amide bonds. The van der Waals surface area contributed by atoms with Gasteiger partial charge in [0.05, 0.1) is 22.2 Å². The van der Waals surface area contributed by atoms with E-state index < -0.39 is 11.7 Å². The molecular weight excluding hydrogens is 341 g/mol. The van der Waals surface area contributed by atoms with Crippen molar-refractivity contribution in [2.75, 3.05) is 0 Å². The monoisotopic (exact) mass is 354 g/mol. The van der Waals surface area contributed by atoms with Gasteiger partial charge in [-0.05, 0) is 30.5 Å². The Morgan fingerprint density at radius 3 is 2.39 bits per heavy atom. The molecule has 0 fully saturated rings. The number of alkyl halides is 3. The van der Waals surface area contributed by atoms with Crippen molar-refractivity contribution in [2.45, 2.75) is 19.1 Å². The van der Waals surface area contributed by atoms with Gasteiger partial charge in [-0.2, -0.15) is 13.2 Å². The number of aromatic nitrogens is 1. The van der Waals surface area contributed by atoms with E-state index in [1.807, 2.05) is 24.4 Å². The fraction of sp³-hybridized carbons (Fsp3) is 0.188. The fourth-order valence-corrected chi connectivity index (χ4v) is 4.12. The molecule has 2 aromatic heterocycles. The second-order valence-electron chi connectivity index (χ2n) is 5.04. The minimum absolute atomic E-state index is 0.254. The van der Waals surface area contributed by atoms with Crippen molar-refractivity contribution in [1.29, 1.82) is 0 Å². The SMILES string of the molecule is Cc1nc(-c2ccc(C(F)(F)F)cc2)sc1C(N)c1cccs1. The van der Waals surface area contributed by atoms with Gasteiger partial charge in [0.2, 0.25) is 0 Å². The van der Waals surface area contributed by atoms with Crippen LogP contribution in [0.25, 0.3) is 10.6 Å². The molecule has 23 heavy (non-hydrogen) atoms. The zero-order valence-electron chi connectivity index (χ0n) is 12.1. The molecule has 3 rings (SSSR count). The van der Waals surface area contributed by atoms with E-state index in [0.717, 1.165) is 27.6 Å². The summed E-state index contributed by atoms with van der Waals surface area (Å²) in [6, 6.07) is 8.69.